The molecule has 1 aromatic carbocycles. The van der Waals surface area contributed by atoms with Crippen molar-refractivity contribution in [3.8, 4) is 5.75 Å². The number of guanidine groups is 1. The Balaban J connectivity index is 0.00000341. The summed E-state index contributed by atoms with van der Waals surface area (Å²) in [6, 6.07) is 6.77. The van der Waals surface area contributed by atoms with Crippen LogP contribution in [0.5, 0.6) is 5.75 Å². The molecule has 1 aromatic heterocycles. The van der Waals surface area contributed by atoms with Gasteiger partial charge < -0.3 is 19.9 Å². The molecule has 2 aromatic rings. The van der Waals surface area contributed by atoms with Gasteiger partial charge in [0.1, 0.15) is 11.6 Å². The minimum Gasteiger partial charge on any atom is -0.496 e. The second-order valence-electron chi connectivity index (χ2n) is 7.86. The number of halogens is 1. The zero-order chi connectivity index (χ0) is 21.5. The van der Waals surface area contributed by atoms with Gasteiger partial charge in [0, 0.05) is 25.2 Å². The number of ether oxygens (including phenoxy) is 1. The number of likely N-dealkylation sites (N-methyl/N-ethyl adjacent to an activating group) is 1. The van der Waals surface area contributed by atoms with Gasteiger partial charge in [-0.05, 0) is 51.4 Å². The van der Waals surface area contributed by atoms with Gasteiger partial charge in [0.25, 0.3) is 0 Å². The molecule has 0 saturated carbocycles. The van der Waals surface area contributed by atoms with Crippen LogP contribution < -0.4 is 15.4 Å². The predicted molar refractivity (Wildman–Crippen MR) is 135 cm³/mol. The summed E-state index contributed by atoms with van der Waals surface area (Å²) in [4.78, 5) is 7.36. The van der Waals surface area contributed by atoms with Crippen molar-refractivity contribution in [1.82, 2.24) is 30.3 Å². The standard InChI is InChI=1S/C22H35N7O.HI/c1-6-29-11-7-8-19(29)14-24-22(25-15-21-27-26-17(3)28(21)4)23-13-18-10-9-16(2)12-20(18)30-5;/h9-10,12,19H,6-8,11,13-15H2,1-5H3,(H2,23,24,25);1H. The predicted octanol–water partition coefficient (Wildman–Crippen LogP) is 2.78. The average molecular weight is 541 g/mol. The number of hydrogen-bond donors (Lipinski definition) is 2. The lowest BCUT2D eigenvalue weighted by atomic mass is 10.1. The van der Waals surface area contributed by atoms with Crippen LogP contribution in [0.25, 0.3) is 0 Å². The van der Waals surface area contributed by atoms with E-state index in [0.717, 1.165) is 42.0 Å². The Bertz CT molecular complexity index is 868. The molecule has 172 valence electrons. The number of rotatable bonds is 8. The van der Waals surface area contributed by atoms with Crippen LogP contribution >= 0.6 is 24.0 Å². The van der Waals surface area contributed by atoms with Crippen LogP contribution in [0, 0.1) is 13.8 Å². The topological polar surface area (TPSA) is 79.6 Å². The quantitative estimate of drug-likeness (QED) is 0.304. The van der Waals surface area contributed by atoms with Crippen LogP contribution in [0.4, 0.5) is 0 Å². The van der Waals surface area contributed by atoms with Crippen molar-refractivity contribution in [2.75, 3.05) is 26.7 Å². The van der Waals surface area contributed by atoms with E-state index >= 15 is 0 Å². The lowest BCUT2D eigenvalue weighted by Gasteiger charge is -2.24. The molecular weight excluding hydrogens is 505 g/mol. The number of aryl methyl sites for hydroxylation is 2. The number of nitrogens with one attached hydrogen (secondary N) is 2. The minimum atomic E-state index is 0. The van der Waals surface area contributed by atoms with E-state index in [1.165, 1.54) is 24.9 Å². The van der Waals surface area contributed by atoms with Crippen molar-refractivity contribution in [1.29, 1.82) is 0 Å². The van der Waals surface area contributed by atoms with Crippen molar-refractivity contribution in [3.63, 3.8) is 0 Å². The fourth-order valence-electron chi connectivity index (χ4n) is 3.85. The van der Waals surface area contributed by atoms with Crippen molar-refractivity contribution in [3.05, 3.63) is 41.0 Å². The van der Waals surface area contributed by atoms with Crippen molar-refractivity contribution in [2.24, 2.45) is 12.0 Å². The number of benzene rings is 1. The highest BCUT2D eigenvalue weighted by molar-refractivity contribution is 14.0. The first-order valence-electron chi connectivity index (χ1n) is 10.8. The first-order chi connectivity index (χ1) is 14.5. The van der Waals surface area contributed by atoms with E-state index in [1.807, 2.05) is 24.6 Å². The Morgan fingerprint density at radius 2 is 2.06 bits per heavy atom. The molecule has 1 atom stereocenters. The molecule has 1 saturated heterocycles. The van der Waals surface area contributed by atoms with Crippen LogP contribution in [0.2, 0.25) is 0 Å². The molecule has 0 aliphatic carbocycles. The summed E-state index contributed by atoms with van der Waals surface area (Å²) >= 11 is 0. The van der Waals surface area contributed by atoms with Gasteiger partial charge in [0.2, 0.25) is 0 Å². The second-order valence-corrected chi connectivity index (χ2v) is 7.86. The van der Waals surface area contributed by atoms with Crippen molar-refractivity contribution in [2.45, 2.75) is 52.7 Å². The van der Waals surface area contributed by atoms with E-state index in [9.17, 15) is 0 Å². The Morgan fingerprint density at radius 1 is 1.26 bits per heavy atom. The highest BCUT2D eigenvalue weighted by atomic mass is 127. The van der Waals surface area contributed by atoms with E-state index in [4.69, 9.17) is 9.73 Å². The molecule has 8 nitrogen and oxygen atoms in total. The molecule has 1 aliphatic rings. The van der Waals surface area contributed by atoms with E-state index in [2.05, 4.69) is 51.7 Å². The van der Waals surface area contributed by atoms with E-state index in [-0.39, 0.29) is 24.0 Å². The smallest absolute Gasteiger partial charge is 0.192 e. The Hall–Kier alpha value is -1.88. The molecule has 1 aliphatic heterocycles. The lowest BCUT2D eigenvalue weighted by Crippen LogP contribution is -2.44. The maximum Gasteiger partial charge on any atom is 0.192 e. The lowest BCUT2D eigenvalue weighted by molar-refractivity contribution is 0.267. The number of aliphatic imine (C=N–C) groups is 1. The van der Waals surface area contributed by atoms with Gasteiger partial charge in [-0.2, -0.15) is 0 Å². The summed E-state index contributed by atoms with van der Waals surface area (Å²) in [6.07, 6.45) is 2.49. The zero-order valence-corrected chi connectivity index (χ0v) is 21.6. The minimum absolute atomic E-state index is 0. The number of aromatic nitrogens is 3. The monoisotopic (exact) mass is 541 g/mol. The Labute approximate surface area is 202 Å². The molecule has 0 bridgehead atoms. The first kappa shape index (κ1) is 25.4. The summed E-state index contributed by atoms with van der Waals surface area (Å²) in [5.41, 5.74) is 2.24. The third kappa shape index (κ3) is 6.80. The summed E-state index contributed by atoms with van der Waals surface area (Å²) in [7, 11) is 3.68. The highest BCUT2D eigenvalue weighted by Crippen LogP contribution is 2.20. The van der Waals surface area contributed by atoms with Gasteiger partial charge in [-0.1, -0.05) is 19.1 Å². The highest BCUT2D eigenvalue weighted by Gasteiger charge is 2.22. The van der Waals surface area contributed by atoms with Crippen LogP contribution in [0.1, 0.15) is 42.5 Å². The molecule has 9 heteroatoms. The van der Waals surface area contributed by atoms with Crippen molar-refractivity contribution >= 4 is 29.9 Å². The number of methoxy groups -OCH3 is 1. The van der Waals surface area contributed by atoms with E-state index in [1.54, 1.807) is 7.11 Å². The molecule has 0 spiro atoms. The second kappa shape index (κ2) is 12.2. The molecule has 2 heterocycles. The third-order valence-corrected chi connectivity index (χ3v) is 5.86. The summed E-state index contributed by atoms with van der Waals surface area (Å²) in [6.45, 7) is 10.5. The van der Waals surface area contributed by atoms with Gasteiger partial charge >= 0.3 is 0 Å². The molecule has 1 fully saturated rings. The maximum absolute atomic E-state index is 5.54. The largest absolute Gasteiger partial charge is 0.496 e. The molecular formula is C22H36IN7O. The molecule has 0 amide bonds. The van der Waals surface area contributed by atoms with Gasteiger partial charge in [0.05, 0.1) is 20.2 Å². The summed E-state index contributed by atoms with van der Waals surface area (Å²) in [5, 5.41) is 15.3. The number of likely N-dealkylation sites (tertiary alicyclic amines) is 1. The van der Waals surface area contributed by atoms with Gasteiger partial charge in [0.15, 0.2) is 11.8 Å². The van der Waals surface area contributed by atoms with Crippen molar-refractivity contribution < 1.29 is 4.74 Å². The van der Waals surface area contributed by atoms with Crippen LogP contribution in [-0.4, -0.2) is 58.4 Å². The van der Waals surface area contributed by atoms with E-state index < -0.39 is 0 Å². The molecule has 3 rings (SSSR count). The van der Waals surface area contributed by atoms with Crippen LogP contribution in [-0.2, 0) is 20.1 Å². The van der Waals surface area contributed by atoms with Gasteiger partial charge in [-0.25, -0.2) is 4.99 Å². The molecule has 31 heavy (non-hydrogen) atoms. The normalized spacial score (nSPS) is 16.8. The summed E-state index contributed by atoms with van der Waals surface area (Å²) < 4.78 is 7.53. The average Bonchev–Trinajstić information content (AvgIpc) is 3.34. The molecule has 2 N–H and O–H groups in total. The maximum atomic E-state index is 5.54. The van der Waals surface area contributed by atoms with Gasteiger partial charge in [-0.3, -0.25) is 4.90 Å². The number of nitrogens with zero attached hydrogens (tertiary/aromatic N) is 5. The first-order valence-corrected chi connectivity index (χ1v) is 10.8. The third-order valence-electron chi connectivity index (χ3n) is 5.86. The Morgan fingerprint density at radius 3 is 2.74 bits per heavy atom. The zero-order valence-electron chi connectivity index (χ0n) is 19.3. The van der Waals surface area contributed by atoms with E-state index in [0.29, 0.717) is 19.1 Å². The van der Waals surface area contributed by atoms with Crippen LogP contribution in [0.3, 0.4) is 0 Å². The van der Waals surface area contributed by atoms with Crippen LogP contribution in [0.15, 0.2) is 23.2 Å². The fraction of sp³-hybridized carbons (Fsp3) is 0.591. The fourth-order valence-corrected chi connectivity index (χ4v) is 3.85. The summed E-state index contributed by atoms with van der Waals surface area (Å²) in [5.74, 6) is 3.43. The molecule has 1 unspecified atom stereocenters. The number of hydrogen-bond acceptors (Lipinski definition) is 5. The van der Waals surface area contributed by atoms with Gasteiger partial charge in [-0.15, -0.1) is 34.2 Å². The Kier molecular flexibility index (Phi) is 10.0. The SMILES string of the molecule is CCN1CCCC1CNC(=NCc1ccc(C)cc1OC)NCc1nnc(C)n1C.I. The molecule has 0 radical (unpaired) electrons.